The Morgan fingerprint density at radius 3 is 2.73 bits per heavy atom. The Hall–Kier alpha value is -0.990. The molecule has 2 aromatic rings. The van der Waals surface area contributed by atoms with Crippen LogP contribution < -0.4 is 0 Å². The molecule has 0 N–H and O–H groups in total. The van der Waals surface area contributed by atoms with Crippen LogP contribution in [0.2, 0.25) is 10.0 Å². The predicted molar refractivity (Wildman–Crippen MR) is 61.3 cm³/mol. The molecule has 1 aromatic carbocycles. The molecular formula is C11H9Cl2NO. The number of benzene rings is 1. The molecule has 0 bridgehead atoms. The smallest absolute Gasteiger partial charge is 0.194 e. The lowest BCUT2D eigenvalue weighted by Gasteiger charge is -1.99. The van der Waals surface area contributed by atoms with Crippen LogP contribution in [0.3, 0.4) is 0 Å². The van der Waals surface area contributed by atoms with Crippen LogP contribution in [0, 0.1) is 0 Å². The van der Waals surface area contributed by atoms with Crippen molar-refractivity contribution in [1.82, 2.24) is 4.98 Å². The van der Waals surface area contributed by atoms with E-state index in [2.05, 4.69) is 4.98 Å². The van der Waals surface area contributed by atoms with Gasteiger partial charge in [-0.3, -0.25) is 0 Å². The molecule has 1 heterocycles. The third-order valence-corrected chi connectivity index (χ3v) is 2.61. The fraction of sp³-hybridized carbons (Fsp3) is 0.182. The molecule has 15 heavy (non-hydrogen) atoms. The number of halogens is 2. The summed E-state index contributed by atoms with van der Waals surface area (Å²) in [6.45, 7) is 1.99. The first kappa shape index (κ1) is 10.5. The highest BCUT2D eigenvalue weighted by atomic mass is 35.5. The van der Waals surface area contributed by atoms with Crippen LogP contribution in [0.15, 0.2) is 28.9 Å². The SMILES string of the molecule is CCc1nc(-c2ccc(Cl)cc2Cl)co1. The van der Waals surface area contributed by atoms with Gasteiger partial charge in [0.2, 0.25) is 0 Å². The van der Waals surface area contributed by atoms with Crippen molar-refractivity contribution in [3.05, 3.63) is 40.4 Å². The van der Waals surface area contributed by atoms with Crippen molar-refractivity contribution in [3.63, 3.8) is 0 Å². The van der Waals surface area contributed by atoms with E-state index in [9.17, 15) is 0 Å². The second-order valence-electron chi connectivity index (χ2n) is 3.10. The summed E-state index contributed by atoms with van der Waals surface area (Å²) in [7, 11) is 0. The summed E-state index contributed by atoms with van der Waals surface area (Å²) < 4.78 is 5.25. The zero-order valence-electron chi connectivity index (χ0n) is 8.13. The first-order valence-electron chi connectivity index (χ1n) is 4.60. The Morgan fingerprint density at radius 1 is 1.33 bits per heavy atom. The molecule has 1 aromatic heterocycles. The van der Waals surface area contributed by atoms with E-state index >= 15 is 0 Å². The number of rotatable bonds is 2. The van der Waals surface area contributed by atoms with E-state index in [1.54, 1.807) is 18.4 Å². The van der Waals surface area contributed by atoms with Gasteiger partial charge in [0.15, 0.2) is 5.89 Å². The third-order valence-electron chi connectivity index (χ3n) is 2.06. The molecule has 2 rings (SSSR count). The summed E-state index contributed by atoms with van der Waals surface area (Å²) in [6, 6.07) is 5.31. The van der Waals surface area contributed by atoms with Crippen molar-refractivity contribution in [2.45, 2.75) is 13.3 Å². The minimum absolute atomic E-state index is 0.582. The fourth-order valence-corrected chi connectivity index (χ4v) is 1.80. The number of nitrogens with zero attached hydrogens (tertiary/aromatic N) is 1. The molecule has 0 aliphatic rings. The fourth-order valence-electron chi connectivity index (χ4n) is 1.29. The van der Waals surface area contributed by atoms with Gasteiger partial charge >= 0.3 is 0 Å². The molecule has 0 aliphatic heterocycles. The van der Waals surface area contributed by atoms with Gasteiger partial charge in [0.1, 0.15) is 12.0 Å². The first-order valence-corrected chi connectivity index (χ1v) is 5.36. The second kappa shape index (κ2) is 4.25. The third kappa shape index (κ3) is 2.16. The molecule has 0 unspecified atom stereocenters. The zero-order chi connectivity index (χ0) is 10.8. The molecule has 4 heteroatoms. The molecule has 0 aliphatic carbocycles. The van der Waals surface area contributed by atoms with Gasteiger partial charge in [-0.05, 0) is 18.2 Å². The number of hydrogen-bond donors (Lipinski definition) is 0. The van der Waals surface area contributed by atoms with Gasteiger partial charge in [0.05, 0.1) is 5.02 Å². The molecule has 0 saturated heterocycles. The topological polar surface area (TPSA) is 26.0 Å². The molecule has 0 amide bonds. The van der Waals surface area contributed by atoms with Crippen molar-refractivity contribution >= 4 is 23.2 Å². The summed E-state index contributed by atoms with van der Waals surface area (Å²) in [5, 5.41) is 1.20. The molecule has 0 spiro atoms. The van der Waals surface area contributed by atoms with Gasteiger partial charge in [-0.25, -0.2) is 4.98 Å². The van der Waals surface area contributed by atoms with Gasteiger partial charge in [-0.2, -0.15) is 0 Å². The van der Waals surface area contributed by atoms with E-state index in [0.29, 0.717) is 15.9 Å². The molecule has 0 radical (unpaired) electrons. The highest BCUT2D eigenvalue weighted by Crippen LogP contribution is 2.29. The minimum atomic E-state index is 0.582. The van der Waals surface area contributed by atoms with E-state index in [1.165, 1.54) is 0 Å². The van der Waals surface area contributed by atoms with E-state index in [1.807, 2.05) is 13.0 Å². The van der Waals surface area contributed by atoms with Crippen molar-refractivity contribution in [1.29, 1.82) is 0 Å². The van der Waals surface area contributed by atoms with E-state index in [4.69, 9.17) is 27.6 Å². The number of hydrogen-bond acceptors (Lipinski definition) is 2. The van der Waals surface area contributed by atoms with Gasteiger partial charge in [0.25, 0.3) is 0 Å². The first-order chi connectivity index (χ1) is 7.20. The lowest BCUT2D eigenvalue weighted by Crippen LogP contribution is -1.82. The molecule has 0 fully saturated rings. The highest BCUT2D eigenvalue weighted by molar-refractivity contribution is 6.36. The van der Waals surface area contributed by atoms with Crippen molar-refractivity contribution < 1.29 is 4.42 Å². The average molecular weight is 242 g/mol. The van der Waals surface area contributed by atoms with E-state index < -0.39 is 0 Å². The lowest BCUT2D eigenvalue weighted by atomic mass is 10.2. The van der Waals surface area contributed by atoms with Gasteiger partial charge < -0.3 is 4.42 Å². The predicted octanol–water partition coefficient (Wildman–Crippen LogP) is 4.21. The van der Waals surface area contributed by atoms with Crippen LogP contribution in [0.1, 0.15) is 12.8 Å². The summed E-state index contributed by atoms with van der Waals surface area (Å²) in [5.41, 5.74) is 1.58. The average Bonchev–Trinajstić information content (AvgIpc) is 2.66. The number of oxazole rings is 1. The molecule has 0 saturated carbocycles. The van der Waals surface area contributed by atoms with Gasteiger partial charge in [-0.1, -0.05) is 30.1 Å². The minimum Gasteiger partial charge on any atom is -0.448 e. The van der Waals surface area contributed by atoms with E-state index in [-0.39, 0.29) is 0 Å². The summed E-state index contributed by atoms with van der Waals surface area (Å²) in [6.07, 6.45) is 2.37. The Bertz CT molecular complexity index is 479. The molecule has 78 valence electrons. The lowest BCUT2D eigenvalue weighted by molar-refractivity contribution is 0.502. The largest absolute Gasteiger partial charge is 0.448 e. The van der Waals surface area contributed by atoms with Gasteiger partial charge in [-0.15, -0.1) is 0 Å². The Morgan fingerprint density at radius 2 is 2.13 bits per heavy atom. The van der Waals surface area contributed by atoms with Crippen LogP contribution in [0.25, 0.3) is 11.3 Å². The summed E-state index contributed by atoms with van der Waals surface area (Å²) >= 11 is 11.9. The van der Waals surface area contributed by atoms with Crippen molar-refractivity contribution in [3.8, 4) is 11.3 Å². The maximum absolute atomic E-state index is 6.05. The molecular weight excluding hydrogens is 233 g/mol. The summed E-state index contributed by atoms with van der Waals surface area (Å²) in [4.78, 5) is 4.30. The summed E-state index contributed by atoms with van der Waals surface area (Å²) in [5.74, 6) is 0.705. The van der Waals surface area contributed by atoms with Crippen LogP contribution in [0.4, 0.5) is 0 Å². The van der Waals surface area contributed by atoms with Crippen molar-refractivity contribution in [2.75, 3.05) is 0 Å². The standard InChI is InChI=1S/C11H9Cl2NO/c1-2-11-14-10(6-15-11)8-4-3-7(12)5-9(8)13/h3-6H,2H2,1H3. The van der Waals surface area contributed by atoms with E-state index in [0.717, 1.165) is 17.7 Å². The number of aryl methyl sites for hydroxylation is 1. The second-order valence-corrected chi connectivity index (χ2v) is 3.95. The van der Waals surface area contributed by atoms with Crippen LogP contribution in [0.5, 0.6) is 0 Å². The molecule has 2 nitrogen and oxygen atoms in total. The number of aromatic nitrogens is 1. The van der Waals surface area contributed by atoms with Crippen LogP contribution in [-0.2, 0) is 6.42 Å². The van der Waals surface area contributed by atoms with Crippen LogP contribution >= 0.6 is 23.2 Å². The zero-order valence-corrected chi connectivity index (χ0v) is 9.64. The Balaban J connectivity index is 2.44. The quantitative estimate of drug-likeness (QED) is 0.788. The monoisotopic (exact) mass is 241 g/mol. The maximum Gasteiger partial charge on any atom is 0.194 e. The van der Waals surface area contributed by atoms with Crippen LogP contribution in [-0.4, -0.2) is 4.98 Å². The van der Waals surface area contributed by atoms with Gasteiger partial charge in [0, 0.05) is 17.0 Å². The Kier molecular flexibility index (Phi) is 2.98. The maximum atomic E-state index is 6.05. The molecule has 0 atom stereocenters. The van der Waals surface area contributed by atoms with Crippen molar-refractivity contribution in [2.24, 2.45) is 0 Å². The normalized spacial score (nSPS) is 10.6. The Labute approximate surface area is 97.8 Å². The highest BCUT2D eigenvalue weighted by Gasteiger charge is 2.08.